The predicted octanol–water partition coefficient (Wildman–Crippen LogP) is 3.35. The van der Waals surface area contributed by atoms with Crippen LogP contribution in [0.4, 0.5) is 4.39 Å². The average molecular weight is 232 g/mol. The molecule has 2 rings (SSSR count). The highest BCUT2D eigenvalue weighted by Gasteiger charge is 2.08. The number of carbonyl (C=O) groups is 1. The first-order valence-corrected chi connectivity index (χ1v) is 5.21. The molecule has 0 unspecified atom stereocenters. The summed E-state index contributed by atoms with van der Waals surface area (Å²) in [5.41, 5.74) is 1.05. The van der Waals surface area contributed by atoms with Crippen LogP contribution in [0.5, 0.6) is 0 Å². The van der Waals surface area contributed by atoms with E-state index in [-0.39, 0.29) is 11.6 Å². The van der Waals surface area contributed by atoms with Crippen LogP contribution >= 0.6 is 12.6 Å². The van der Waals surface area contributed by atoms with Crippen molar-refractivity contribution >= 4 is 18.4 Å². The molecule has 80 valence electrons. The fraction of sp³-hybridized carbons (Fsp3) is 0. The first kappa shape index (κ1) is 10.9. The van der Waals surface area contributed by atoms with Gasteiger partial charge in [0.05, 0.1) is 0 Å². The van der Waals surface area contributed by atoms with Crippen molar-refractivity contribution in [2.24, 2.45) is 0 Å². The summed E-state index contributed by atoms with van der Waals surface area (Å²) >= 11 is 4.14. The van der Waals surface area contributed by atoms with Crippen LogP contribution in [-0.4, -0.2) is 5.78 Å². The van der Waals surface area contributed by atoms with E-state index >= 15 is 0 Å². The molecule has 0 N–H and O–H groups in total. The van der Waals surface area contributed by atoms with E-state index < -0.39 is 0 Å². The number of ketones is 1. The summed E-state index contributed by atoms with van der Waals surface area (Å²) in [6, 6.07) is 12.4. The van der Waals surface area contributed by atoms with Crippen LogP contribution in [0.15, 0.2) is 53.4 Å². The number of hydrogen-bond acceptors (Lipinski definition) is 2. The molecule has 2 aromatic rings. The summed E-state index contributed by atoms with van der Waals surface area (Å²) in [5.74, 6) is -0.462. The molecule has 0 spiro atoms. The molecule has 0 fully saturated rings. The van der Waals surface area contributed by atoms with Gasteiger partial charge in [-0.25, -0.2) is 4.39 Å². The summed E-state index contributed by atoms with van der Waals surface area (Å²) in [5, 5.41) is 0. The van der Waals surface area contributed by atoms with E-state index in [1.54, 1.807) is 24.3 Å². The lowest BCUT2D eigenvalue weighted by Crippen LogP contribution is -2.00. The lowest BCUT2D eigenvalue weighted by atomic mass is 10.0. The summed E-state index contributed by atoms with van der Waals surface area (Å²) in [6.07, 6.45) is 0. The first-order chi connectivity index (χ1) is 7.66. The molecule has 0 heterocycles. The van der Waals surface area contributed by atoms with Crippen molar-refractivity contribution in [3.05, 3.63) is 65.5 Å². The zero-order chi connectivity index (χ0) is 11.5. The Bertz CT molecular complexity index is 455. The molecular formula is C13H9FOS. The number of rotatable bonds is 2. The summed E-state index contributed by atoms with van der Waals surface area (Å²) in [6.45, 7) is 0. The van der Waals surface area contributed by atoms with Gasteiger partial charge in [-0.15, -0.1) is 12.6 Å². The second-order valence-electron chi connectivity index (χ2n) is 3.38. The first-order valence-electron chi connectivity index (χ1n) is 4.76. The summed E-state index contributed by atoms with van der Waals surface area (Å²) in [4.78, 5) is 12.7. The van der Waals surface area contributed by atoms with Gasteiger partial charge in [0.2, 0.25) is 0 Å². The minimum atomic E-state index is -0.345. The fourth-order valence-corrected chi connectivity index (χ4v) is 1.53. The molecule has 3 heteroatoms. The van der Waals surface area contributed by atoms with Gasteiger partial charge in [-0.2, -0.15) is 0 Å². The third kappa shape index (κ3) is 2.31. The Hall–Kier alpha value is -1.61. The van der Waals surface area contributed by atoms with E-state index in [9.17, 15) is 9.18 Å². The van der Waals surface area contributed by atoms with Crippen molar-refractivity contribution in [1.82, 2.24) is 0 Å². The maximum atomic E-state index is 12.7. The molecule has 16 heavy (non-hydrogen) atoms. The van der Waals surface area contributed by atoms with Crippen molar-refractivity contribution in [1.29, 1.82) is 0 Å². The monoisotopic (exact) mass is 232 g/mol. The van der Waals surface area contributed by atoms with Gasteiger partial charge in [0.15, 0.2) is 5.78 Å². The second kappa shape index (κ2) is 4.49. The van der Waals surface area contributed by atoms with Crippen molar-refractivity contribution in [3.63, 3.8) is 0 Å². The Balaban J connectivity index is 2.32. The molecule has 0 radical (unpaired) electrons. The zero-order valence-electron chi connectivity index (χ0n) is 8.35. The number of carbonyl (C=O) groups excluding carboxylic acids is 1. The highest BCUT2D eigenvalue weighted by atomic mass is 32.1. The van der Waals surface area contributed by atoms with Gasteiger partial charge in [-0.05, 0) is 48.5 Å². The molecule has 0 bridgehead atoms. The molecule has 0 saturated heterocycles. The lowest BCUT2D eigenvalue weighted by Gasteiger charge is -2.01. The van der Waals surface area contributed by atoms with Crippen molar-refractivity contribution in [2.45, 2.75) is 4.90 Å². The van der Waals surface area contributed by atoms with Gasteiger partial charge >= 0.3 is 0 Å². The molecule has 0 amide bonds. The molecule has 0 aliphatic rings. The molecule has 0 saturated carbocycles. The SMILES string of the molecule is O=C(c1ccc(F)cc1)c1ccc(S)cc1. The van der Waals surface area contributed by atoms with Crippen LogP contribution in [0.3, 0.4) is 0 Å². The van der Waals surface area contributed by atoms with Crippen LogP contribution in [0.2, 0.25) is 0 Å². The van der Waals surface area contributed by atoms with E-state index in [1.807, 2.05) is 0 Å². The standard InChI is InChI=1S/C13H9FOS/c14-11-5-1-9(2-6-11)13(15)10-3-7-12(16)8-4-10/h1-8,16H. The van der Waals surface area contributed by atoms with E-state index in [0.717, 1.165) is 4.90 Å². The third-order valence-corrected chi connectivity index (χ3v) is 2.53. The molecule has 0 aliphatic carbocycles. The number of benzene rings is 2. The van der Waals surface area contributed by atoms with Crippen LogP contribution in [0.1, 0.15) is 15.9 Å². The van der Waals surface area contributed by atoms with Gasteiger partial charge in [-0.3, -0.25) is 4.79 Å². The minimum Gasteiger partial charge on any atom is -0.289 e. The molecule has 0 atom stereocenters. The molecule has 0 aliphatic heterocycles. The van der Waals surface area contributed by atoms with Gasteiger partial charge in [-0.1, -0.05) is 0 Å². The average Bonchev–Trinajstić information content (AvgIpc) is 2.30. The largest absolute Gasteiger partial charge is 0.289 e. The van der Waals surface area contributed by atoms with E-state index in [0.29, 0.717) is 11.1 Å². The predicted molar refractivity (Wildman–Crippen MR) is 63.5 cm³/mol. The van der Waals surface area contributed by atoms with Crippen LogP contribution in [-0.2, 0) is 0 Å². The van der Waals surface area contributed by atoms with E-state index in [1.165, 1.54) is 24.3 Å². The van der Waals surface area contributed by atoms with Gasteiger partial charge in [0.25, 0.3) is 0 Å². The highest BCUT2D eigenvalue weighted by molar-refractivity contribution is 7.80. The highest BCUT2D eigenvalue weighted by Crippen LogP contribution is 2.13. The normalized spacial score (nSPS) is 10.1. The van der Waals surface area contributed by atoms with E-state index in [2.05, 4.69) is 12.6 Å². The topological polar surface area (TPSA) is 17.1 Å². The fourth-order valence-electron chi connectivity index (χ4n) is 1.38. The minimum absolute atomic E-state index is 0.117. The number of thiol groups is 1. The Morgan fingerprint density at radius 3 is 1.81 bits per heavy atom. The maximum Gasteiger partial charge on any atom is 0.193 e. The zero-order valence-corrected chi connectivity index (χ0v) is 9.25. The Morgan fingerprint density at radius 1 is 0.875 bits per heavy atom. The van der Waals surface area contributed by atoms with Gasteiger partial charge < -0.3 is 0 Å². The summed E-state index contributed by atoms with van der Waals surface area (Å²) in [7, 11) is 0. The smallest absolute Gasteiger partial charge is 0.193 e. The number of halogens is 1. The maximum absolute atomic E-state index is 12.7. The lowest BCUT2D eigenvalue weighted by molar-refractivity contribution is 0.103. The molecular weight excluding hydrogens is 223 g/mol. The van der Waals surface area contributed by atoms with Crippen LogP contribution in [0.25, 0.3) is 0 Å². The molecule has 0 aromatic heterocycles. The summed E-state index contributed by atoms with van der Waals surface area (Å²) < 4.78 is 12.7. The Morgan fingerprint density at radius 2 is 1.31 bits per heavy atom. The molecule has 1 nitrogen and oxygen atoms in total. The van der Waals surface area contributed by atoms with Crippen LogP contribution < -0.4 is 0 Å². The van der Waals surface area contributed by atoms with Crippen LogP contribution in [0, 0.1) is 5.82 Å². The van der Waals surface area contributed by atoms with E-state index in [4.69, 9.17) is 0 Å². The van der Waals surface area contributed by atoms with Gasteiger partial charge in [0, 0.05) is 16.0 Å². The Kier molecular flexibility index (Phi) is 3.06. The quantitative estimate of drug-likeness (QED) is 0.620. The molecule has 2 aromatic carbocycles. The van der Waals surface area contributed by atoms with Gasteiger partial charge in [0.1, 0.15) is 5.82 Å². The second-order valence-corrected chi connectivity index (χ2v) is 3.90. The Labute approximate surface area is 98.3 Å². The van der Waals surface area contributed by atoms with Crippen molar-refractivity contribution < 1.29 is 9.18 Å². The van der Waals surface area contributed by atoms with Crippen molar-refractivity contribution in [2.75, 3.05) is 0 Å². The third-order valence-electron chi connectivity index (χ3n) is 2.24. The number of hydrogen-bond donors (Lipinski definition) is 1. The van der Waals surface area contributed by atoms with Crippen molar-refractivity contribution in [3.8, 4) is 0 Å².